The van der Waals surface area contributed by atoms with Crippen LogP contribution >= 0.6 is 0 Å². The van der Waals surface area contributed by atoms with Crippen molar-refractivity contribution in [3.63, 3.8) is 0 Å². The summed E-state index contributed by atoms with van der Waals surface area (Å²) >= 11 is 0. The Labute approximate surface area is 325 Å². The van der Waals surface area contributed by atoms with Crippen LogP contribution in [0.1, 0.15) is 76.8 Å². The van der Waals surface area contributed by atoms with Gasteiger partial charge in [-0.05, 0) is 64.2 Å². The molecule has 1 aromatic carbocycles. The summed E-state index contributed by atoms with van der Waals surface area (Å²) in [4.78, 5) is 0. The van der Waals surface area contributed by atoms with E-state index in [1.54, 1.807) is 0 Å². The van der Waals surface area contributed by atoms with Gasteiger partial charge in [-0.1, -0.05) is 31.4 Å². The average Bonchev–Trinajstić information content (AvgIpc) is 3.16. The molecule has 17 atom stereocenters. The number of fused-ring (bicyclic) bond motifs is 3. The summed E-state index contributed by atoms with van der Waals surface area (Å²) in [6.07, 6.45) is -17.6. The van der Waals surface area contributed by atoms with Crippen LogP contribution in [0, 0.1) is 5.92 Å². The maximum Gasteiger partial charge on any atom is 0.229 e. The third-order valence-corrected chi connectivity index (χ3v) is 11.9. The van der Waals surface area contributed by atoms with Crippen molar-refractivity contribution in [2.45, 2.75) is 170 Å². The molecular formula is C39H60O17. The SMILES string of the molecule is CCCCCc1cc(O[C@@H]2O[C@H](CO)[C@@H](O)[C@H](O[C@@H]3O[C@H](CO)[C@@H](O)[C@H](O[C@@H]4O[C@H](CO)[C@@H](O)[C@H](O)[C@H]4O)[C@H]3O)[C@H]2O)c2c(c1)OC(C)(C)[C@@H]1CCC(C)=C[C@@H]21. The second-order valence-corrected chi connectivity index (χ2v) is 16.3. The highest BCUT2D eigenvalue weighted by Gasteiger charge is 2.54. The van der Waals surface area contributed by atoms with Gasteiger partial charge >= 0.3 is 0 Å². The highest BCUT2D eigenvalue weighted by Crippen LogP contribution is 2.54. The number of unbranched alkanes of at least 4 members (excludes halogenated alkanes) is 2. The molecule has 0 aromatic heterocycles. The molecule has 0 amide bonds. The smallest absolute Gasteiger partial charge is 0.229 e. The van der Waals surface area contributed by atoms with E-state index in [2.05, 4.69) is 33.8 Å². The lowest BCUT2D eigenvalue weighted by atomic mass is 9.68. The average molecular weight is 801 g/mol. The number of aliphatic hydroxyl groups is 10. The quantitative estimate of drug-likeness (QED) is 0.0835. The van der Waals surface area contributed by atoms with Crippen LogP contribution in [0.5, 0.6) is 11.5 Å². The van der Waals surface area contributed by atoms with Gasteiger partial charge in [-0.15, -0.1) is 0 Å². The fraction of sp³-hybridized carbons (Fsp3) is 0.795. The number of allylic oxidation sites excluding steroid dienone is 2. The molecule has 3 fully saturated rings. The normalized spacial score (nSPS) is 42.2. The molecule has 4 aliphatic heterocycles. The summed E-state index contributed by atoms with van der Waals surface area (Å²) in [5.41, 5.74) is 2.48. The molecule has 0 saturated carbocycles. The first kappa shape index (κ1) is 43.5. The van der Waals surface area contributed by atoms with Crippen LogP contribution in [0.4, 0.5) is 0 Å². The Morgan fingerprint density at radius 1 is 0.696 bits per heavy atom. The zero-order valence-electron chi connectivity index (χ0n) is 32.2. The van der Waals surface area contributed by atoms with E-state index in [9.17, 15) is 51.1 Å². The minimum Gasteiger partial charge on any atom is -0.487 e. The van der Waals surface area contributed by atoms with Crippen molar-refractivity contribution in [3.8, 4) is 11.5 Å². The van der Waals surface area contributed by atoms with Gasteiger partial charge in [0.15, 0.2) is 12.6 Å². The highest BCUT2D eigenvalue weighted by atomic mass is 16.8. The van der Waals surface area contributed by atoms with Gasteiger partial charge in [0.2, 0.25) is 6.29 Å². The van der Waals surface area contributed by atoms with Gasteiger partial charge in [-0.3, -0.25) is 0 Å². The highest BCUT2D eigenvalue weighted by molar-refractivity contribution is 5.54. The van der Waals surface area contributed by atoms with Crippen molar-refractivity contribution in [1.29, 1.82) is 0 Å². The van der Waals surface area contributed by atoms with Gasteiger partial charge in [-0.25, -0.2) is 0 Å². The first-order valence-corrected chi connectivity index (χ1v) is 19.7. The molecule has 1 aliphatic carbocycles. The second-order valence-electron chi connectivity index (χ2n) is 16.3. The van der Waals surface area contributed by atoms with Crippen molar-refractivity contribution in [2.75, 3.05) is 19.8 Å². The summed E-state index contributed by atoms with van der Waals surface area (Å²) in [5, 5.41) is 106. The van der Waals surface area contributed by atoms with Crippen molar-refractivity contribution in [2.24, 2.45) is 5.92 Å². The standard InChI is InChI=1S/C39H60O17/c1-5-6-7-8-18-12-21(26-19-11-17(2)9-10-20(19)39(3,4)56-22(26)13-18)50-37-32(48)34(28(44)24(15-41)52-37)55-38-33(49)35(29(45)25(16-42)53-38)54-36-31(47)30(46)27(43)23(14-40)51-36/h11-13,19-20,23-25,27-38,40-49H,5-10,14-16H2,1-4H3/t19-,20-,23-,24-,25-,27-,28-,29-,30+,31-,32-,33-,34+,35+,36+,37-,38+/m1/s1. The van der Waals surface area contributed by atoms with E-state index >= 15 is 0 Å². The minimum absolute atomic E-state index is 0.0811. The Hall–Kier alpha value is -2.04. The molecule has 10 N–H and O–H groups in total. The molecule has 0 radical (unpaired) electrons. The lowest BCUT2D eigenvalue weighted by molar-refractivity contribution is -0.378. The largest absolute Gasteiger partial charge is 0.487 e. The molecule has 56 heavy (non-hydrogen) atoms. The van der Waals surface area contributed by atoms with Crippen LogP contribution in [0.15, 0.2) is 23.8 Å². The molecule has 17 nitrogen and oxygen atoms in total. The Bertz CT molecular complexity index is 1490. The van der Waals surface area contributed by atoms with Crippen molar-refractivity contribution < 1.29 is 84.2 Å². The molecule has 4 heterocycles. The number of hydrogen-bond donors (Lipinski definition) is 10. The summed E-state index contributed by atoms with van der Waals surface area (Å²) < 4.78 is 41.9. The lowest BCUT2D eigenvalue weighted by Gasteiger charge is -2.48. The van der Waals surface area contributed by atoms with E-state index in [0.717, 1.165) is 49.7 Å². The first-order chi connectivity index (χ1) is 26.6. The number of rotatable bonds is 13. The Morgan fingerprint density at radius 2 is 1.25 bits per heavy atom. The van der Waals surface area contributed by atoms with E-state index < -0.39 is 118 Å². The van der Waals surface area contributed by atoms with Crippen LogP contribution in [0.25, 0.3) is 0 Å². The Morgan fingerprint density at radius 3 is 1.84 bits per heavy atom. The van der Waals surface area contributed by atoms with Gasteiger partial charge in [0.1, 0.15) is 90.3 Å². The van der Waals surface area contributed by atoms with Crippen LogP contribution < -0.4 is 9.47 Å². The van der Waals surface area contributed by atoms with Gasteiger partial charge in [0.25, 0.3) is 0 Å². The molecule has 3 saturated heterocycles. The molecule has 17 heteroatoms. The monoisotopic (exact) mass is 800 g/mol. The third kappa shape index (κ3) is 8.64. The molecule has 318 valence electrons. The number of hydrogen-bond acceptors (Lipinski definition) is 17. The zero-order valence-corrected chi connectivity index (χ0v) is 32.2. The molecule has 1 aromatic rings. The first-order valence-electron chi connectivity index (χ1n) is 19.7. The number of benzene rings is 1. The fourth-order valence-electron chi connectivity index (χ4n) is 8.63. The summed E-state index contributed by atoms with van der Waals surface area (Å²) in [5.74, 6) is 1.08. The summed E-state index contributed by atoms with van der Waals surface area (Å²) in [6.45, 7) is 6.06. The van der Waals surface area contributed by atoms with Crippen LogP contribution in [-0.2, 0) is 30.1 Å². The number of aryl methyl sites for hydroxylation is 1. The van der Waals surface area contributed by atoms with E-state index in [-0.39, 0.29) is 11.8 Å². The third-order valence-electron chi connectivity index (χ3n) is 11.9. The maximum absolute atomic E-state index is 11.8. The second kappa shape index (κ2) is 18.1. The van der Waals surface area contributed by atoms with Gasteiger partial charge in [0.05, 0.1) is 19.8 Å². The van der Waals surface area contributed by atoms with Gasteiger partial charge < -0.3 is 84.2 Å². The maximum atomic E-state index is 11.8. The lowest BCUT2D eigenvalue weighted by Crippen LogP contribution is -2.67. The molecule has 6 rings (SSSR count). The number of aliphatic hydroxyl groups excluding tert-OH is 10. The predicted octanol–water partition coefficient (Wildman–Crippen LogP) is -1.14. The van der Waals surface area contributed by atoms with Crippen LogP contribution in [0.3, 0.4) is 0 Å². The Kier molecular flexibility index (Phi) is 14.0. The summed E-state index contributed by atoms with van der Waals surface area (Å²) in [6, 6.07) is 3.94. The van der Waals surface area contributed by atoms with Crippen molar-refractivity contribution >= 4 is 0 Å². The van der Waals surface area contributed by atoms with Crippen LogP contribution in [0.2, 0.25) is 0 Å². The summed E-state index contributed by atoms with van der Waals surface area (Å²) in [7, 11) is 0. The fourth-order valence-corrected chi connectivity index (χ4v) is 8.63. The minimum atomic E-state index is -1.94. The topological polar surface area (TPSA) is 267 Å². The molecule has 0 bridgehead atoms. The number of ether oxygens (including phenoxy) is 7. The van der Waals surface area contributed by atoms with E-state index in [1.807, 2.05) is 12.1 Å². The molecular weight excluding hydrogens is 740 g/mol. The molecule has 0 spiro atoms. The zero-order chi connectivity index (χ0) is 40.6. The van der Waals surface area contributed by atoms with Gasteiger partial charge in [0, 0.05) is 17.4 Å². The van der Waals surface area contributed by atoms with E-state index in [4.69, 9.17) is 33.2 Å². The molecule has 5 aliphatic rings. The van der Waals surface area contributed by atoms with E-state index in [0.29, 0.717) is 11.5 Å². The predicted molar refractivity (Wildman–Crippen MR) is 193 cm³/mol. The van der Waals surface area contributed by atoms with Crippen molar-refractivity contribution in [3.05, 3.63) is 34.9 Å². The van der Waals surface area contributed by atoms with Crippen LogP contribution in [-0.4, -0.2) is 169 Å². The Balaban J connectivity index is 1.28. The molecule has 0 unspecified atom stereocenters. The van der Waals surface area contributed by atoms with E-state index in [1.165, 1.54) is 5.57 Å². The van der Waals surface area contributed by atoms with Crippen molar-refractivity contribution in [1.82, 2.24) is 0 Å². The van der Waals surface area contributed by atoms with Gasteiger partial charge in [-0.2, -0.15) is 0 Å².